The number of carbonyl (C=O) groups is 1. The molecule has 0 aliphatic rings. The van der Waals surface area contributed by atoms with E-state index < -0.39 is 0 Å². The van der Waals surface area contributed by atoms with Crippen molar-refractivity contribution in [3.05, 3.63) is 54.1 Å². The van der Waals surface area contributed by atoms with E-state index in [1.165, 1.54) is 0 Å². The first-order valence-electron chi connectivity index (χ1n) is 6.97. The number of carbonyl (C=O) groups excluding carboxylic acids is 1. The lowest BCUT2D eigenvalue weighted by Crippen LogP contribution is -2.25. The van der Waals surface area contributed by atoms with Gasteiger partial charge in [-0.3, -0.25) is 9.78 Å². The number of aromatic amines is 1. The van der Waals surface area contributed by atoms with Gasteiger partial charge in [-0.1, -0.05) is 0 Å². The Bertz CT molecular complexity index is 783. The second kappa shape index (κ2) is 6.26. The number of nitrogens with one attached hydrogen (secondary N) is 2. The second-order valence-corrected chi connectivity index (χ2v) is 4.81. The van der Waals surface area contributed by atoms with Crippen LogP contribution in [-0.4, -0.2) is 34.5 Å². The van der Waals surface area contributed by atoms with E-state index in [0.29, 0.717) is 18.5 Å². The van der Waals surface area contributed by atoms with E-state index in [2.05, 4.69) is 20.3 Å². The molecule has 3 rings (SSSR count). The fourth-order valence-corrected chi connectivity index (χ4v) is 2.18. The monoisotopic (exact) mass is 296 g/mol. The van der Waals surface area contributed by atoms with Gasteiger partial charge in [-0.15, -0.1) is 0 Å². The van der Waals surface area contributed by atoms with Gasteiger partial charge >= 0.3 is 0 Å². The Morgan fingerprint density at radius 1 is 1.36 bits per heavy atom. The predicted octanol–water partition coefficient (Wildman–Crippen LogP) is 1.94. The third-order valence-electron chi connectivity index (χ3n) is 3.31. The van der Waals surface area contributed by atoms with Crippen molar-refractivity contribution in [1.82, 2.24) is 20.3 Å². The number of fused-ring (bicyclic) bond motifs is 1. The number of hydrogen-bond donors (Lipinski definition) is 2. The SMILES string of the molecule is COc1ccc2nc(CCNC(=O)c3cccnc3)[nH]c2c1. The van der Waals surface area contributed by atoms with Gasteiger partial charge in [-0.2, -0.15) is 0 Å². The standard InChI is InChI=1S/C16H16N4O2/c1-22-12-4-5-13-14(9-12)20-15(19-13)6-8-18-16(21)11-3-2-7-17-10-11/h2-5,7,9-10H,6,8H2,1H3,(H,18,21)(H,19,20). The summed E-state index contributed by atoms with van der Waals surface area (Å²) in [5.41, 5.74) is 2.36. The van der Waals surface area contributed by atoms with Gasteiger partial charge in [0.25, 0.3) is 5.91 Å². The minimum absolute atomic E-state index is 0.133. The Hall–Kier alpha value is -2.89. The van der Waals surface area contributed by atoms with E-state index in [-0.39, 0.29) is 5.91 Å². The zero-order valence-corrected chi connectivity index (χ0v) is 12.2. The summed E-state index contributed by atoms with van der Waals surface area (Å²) in [6.07, 6.45) is 3.81. The summed E-state index contributed by atoms with van der Waals surface area (Å²) in [7, 11) is 1.63. The quantitative estimate of drug-likeness (QED) is 0.754. The van der Waals surface area contributed by atoms with Gasteiger partial charge in [-0.25, -0.2) is 4.98 Å². The van der Waals surface area contributed by atoms with Crippen molar-refractivity contribution in [3.63, 3.8) is 0 Å². The molecule has 2 N–H and O–H groups in total. The van der Waals surface area contributed by atoms with Gasteiger partial charge in [0.15, 0.2) is 0 Å². The number of aromatic nitrogens is 3. The van der Waals surface area contributed by atoms with Gasteiger partial charge in [0.05, 0.1) is 23.7 Å². The molecule has 3 aromatic rings. The summed E-state index contributed by atoms with van der Waals surface area (Å²) in [5.74, 6) is 1.48. The van der Waals surface area contributed by atoms with Gasteiger partial charge in [0.1, 0.15) is 11.6 Å². The lowest BCUT2D eigenvalue weighted by atomic mass is 10.2. The number of pyridine rings is 1. The van der Waals surface area contributed by atoms with E-state index >= 15 is 0 Å². The number of ether oxygens (including phenoxy) is 1. The summed E-state index contributed by atoms with van der Waals surface area (Å²) in [6.45, 7) is 0.505. The van der Waals surface area contributed by atoms with Crippen LogP contribution in [0.2, 0.25) is 0 Å². The number of hydrogen-bond acceptors (Lipinski definition) is 4. The van der Waals surface area contributed by atoms with E-state index in [4.69, 9.17) is 4.74 Å². The van der Waals surface area contributed by atoms with Crippen LogP contribution < -0.4 is 10.1 Å². The fraction of sp³-hybridized carbons (Fsp3) is 0.188. The number of methoxy groups -OCH3 is 1. The van der Waals surface area contributed by atoms with Crippen LogP contribution in [0.15, 0.2) is 42.7 Å². The number of amides is 1. The maximum absolute atomic E-state index is 11.9. The molecule has 0 saturated heterocycles. The Morgan fingerprint density at radius 2 is 2.27 bits per heavy atom. The van der Waals surface area contributed by atoms with Crippen LogP contribution in [0.25, 0.3) is 11.0 Å². The van der Waals surface area contributed by atoms with Crippen LogP contribution in [0.3, 0.4) is 0 Å². The Balaban J connectivity index is 1.61. The molecule has 0 aliphatic heterocycles. The molecule has 0 fully saturated rings. The Kier molecular flexibility index (Phi) is 4.00. The van der Waals surface area contributed by atoms with Crippen molar-refractivity contribution in [1.29, 1.82) is 0 Å². The fourth-order valence-electron chi connectivity index (χ4n) is 2.18. The lowest BCUT2D eigenvalue weighted by molar-refractivity contribution is 0.0953. The molecule has 0 atom stereocenters. The lowest BCUT2D eigenvalue weighted by Gasteiger charge is -2.03. The first-order chi connectivity index (χ1) is 10.8. The van der Waals surface area contributed by atoms with Crippen LogP contribution >= 0.6 is 0 Å². The van der Waals surface area contributed by atoms with Crippen LogP contribution in [0, 0.1) is 0 Å². The highest BCUT2D eigenvalue weighted by atomic mass is 16.5. The van der Waals surface area contributed by atoms with Crippen molar-refractivity contribution in [2.24, 2.45) is 0 Å². The molecule has 6 heteroatoms. The highest BCUT2D eigenvalue weighted by Gasteiger charge is 2.07. The third kappa shape index (κ3) is 3.06. The molecule has 2 heterocycles. The number of imidazole rings is 1. The summed E-state index contributed by atoms with van der Waals surface area (Å²) < 4.78 is 5.18. The minimum atomic E-state index is -0.133. The van der Waals surface area contributed by atoms with E-state index in [9.17, 15) is 4.79 Å². The molecule has 1 aromatic carbocycles. The second-order valence-electron chi connectivity index (χ2n) is 4.81. The number of nitrogens with zero attached hydrogens (tertiary/aromatic N) is 2. The van der Waals surface area contributed by atoms with E-state index in [1.807, 2.05) is 18.2 Å². The van der Waals surface area contributed by atoms with E-state index in [1.54, 1.807) is 31.6 Å². The predicted molar refractivity (Wildman–Crippen MR) is 82.9 cm³/mol. The summed E-state index contributed by atoms with van der Waals surface area (Å²) >= 11 is 0. The highest BCUT2D eigenvalue weighted by molar-refractivity contribution is 5.93. The maximum Gasteiger partial charge on any atom is 0.252 e. The average Bonchev–Trinajstić information content (AvgIpc) is 2.97. The maximum atomic E-state index is 11.9. The number of rotatable bonds is 5. The largest absolute Gasteiger partial charge is 0.497 e. The molecule has 0 radical (unpaired) electrons. The first-order valence-corrected chi connectivity index (χ1v) is 6.97. The topological polar surface area (TPSA) is 79.9 Å². The van der Waals surface area contributed by atoms with Crippen molar-refractivity contribution in [3.8, 4) is 5.75 Å². The number of H-pyrrole nitrogens is 1. The molecule has 0 saturated carbocycles. The average molecular weight is 296 g/mol. The van der Waals surface area contributed by atoms with Crippen molar-refractivity contribution >= 4 is 16.9 Å². The van der Waals surface area contributed by atoms with Crippen molar-refractivity contribution in [2.75, 3.05) is 13.7 Å². The molecule has 0 aliphatic carbocycles. The molecule has 0 unspecified atom stereocenters. The van der Waals surface area contributed by atoms with Crippen LogP contribution in [0.4, 0.5) is 0 Å². The zero-order valence-electron chi connectivity index (χ0n) is 12.2. The highest BCUT2D eigenvalue weighted by Crippen LogP contribution is 2.18. The molecule has 0 bridgehead atoms. The summed E-state index contributed by atoms with van der Waals surface area (Å²) in [6, 6.07) is 9.15. The minimum Gasteiger partial charge on any atom is -0.497 e. The molecule has 2 aromatic heterocycles. The van der Waals surface area contributed by atoms with Gasteiger partial charge in [-0.05, 0) is 24.3 Å². The third-order valence-corrected chi connectivity index (χ3v) is 3.31. The molecule has 1 amide bonds. The molecule has 6 nitrogen and oxygen atoms in total. The Labute approximate surface area is 127 Å². The van der Waals surface area contributed by atoms with Crippen LogP contribution in [-0.2, 0) is 6.42 Å². The molecular weight excluding hydrogens is 280 g/mol. The normalized spacial score (nSPS) is 10.6. The van der Waals surface area contributed by atoms with E-state index in [0.717, 1.165) is 22.6 Å². The summed E-state index contributed by atoms with van der Waals surface area (Å²) in [5, 5.41) is 2.85. The van der Waals surface area contributed by atoms with Gasteiger partial charge < -0.3 is 15.0 Å². The molecule has 22 heavy (non-hydrogen) atoms. The van der Waals surface area contributed by atoms with Gasteiger partial charge in [0.2, 0.25) is 0 Å². The van der Waals surface area contributed by atoms with Crippen molar-refractivity contribution < 1.29 is 9.53 Å². The zero-order chi connectivity index (χ0) is 15.4. The van der Waals surface area contributed by atoms with Crippen molar-refractivity contribution in [2.45, 2.75) is 6.42 Å². The molecule has 112 valence electrons. The molecular formula is C16H16N4O2. The van der Waals surface area contributed by atoms with Crippen LogP contribution in [0.5, 0.6) is 5.75 Å². The van der Waals surface area contributed by atoms with Gasteiger partial charge in [0, 0.05) is 31.4 Å². The molecule has 0 spiro atoms. The Morgan fingerprint density at radius 3 is 3.05 bits per heavy atom. The smallest absolute Gasteiger partial charge is 0.252 e. The summed E-state index contributed by atoms with van der Waals surface area (Å²) in [4.78, 5) is 23.5. The van der Waals surface area contributed by atoms with Crippen LogP contribution in [0.1, 0.15) is 16.2 Å². The number of benzene rings is 1. The first kappa shape index (κ1) is 14.1.